The van der Waals surface area contributed by atoms with Gasteiger partial charge in [-0.05, 0) is 71.4 Å². The molecule has 4 heteroatoms. The first-order valence-electron chi connectivity index (χ1n) is 8.56. The van der Waals surface area contributed by atoms with Gasteiger partial charge in [-0.25, -0.2) is 0 Å². The van der Waals surface area contributed by atoms with E-state index in [0.717, 1.165) is 10.0 Å². The molecule has 134 valence electrons. The van der Waals surface area contributed by atoms with E-state index in [1.807, 2.05) is 25.1 Å². The van der Waals surface area contributed by atoms with Crippen LogP contribution in [0, 0.1) is 13.8 Å². The van der Waals surface area contributed by atoms with Gasteiger partial charge in [0, 0.05) is 0 Å². The Kier molecular flexibility index (Phi) is 6.65. The summed E-state index contributed by atoms with van der Waals surface area (Å²) in [5, 5.41) is 3.00. The minimum Gasteiger partial charge on any atom is -0.483 e. The molecule has 2 rings (SSSR count). The Labute approximate surface area is 158 Å². The number of benzene rings is 2. The van der Waals surface area contributed by atoms with Crippen molar-refractivity contribution in [2.45, 2.75) is 46.6 Å². The second kappa shape index (κ2) is 8.52. The summed E-state index contributed by atoms with van der Waals surface area (Å²) in [7, 11) is 0. The second-order valence-electron chi connectivity index (χ2n) is 6.78. The van der Waals surface area contributed by atoms with E-state index in [9.17, 15) is 4.79 Å². The first-order valence-corrected chi connectivity index (χ1v) is 9.36. The van der Waals surface area contributed by atoms with Crippen LogP contribution in [0.15, 0.2) is 40.9 Å². The zero-order chi connectivity index (χ0) is 18.6. The van der Waals surface area contributed by atoms with Crippen molar-refractivity contribution in [2.75, 3.05) is 6.61 Å². The Bertz CT molecular complexity index is 756. The minimum absolute atomic E-state index is 0.00509. The summed E-state index contributed by atoms with van der Waals surface area (Å²) in [5.74, 6) is 0.998. The molecule has 0 radical (unpaired) electrons. The third-order valence-electron chi connectivity index (χ3n) is 4.25. The lowest BCUT2D eigenvalue weighted by molar-refractivity contribution is -0.123. The number of carbonyl (C=O) groups excluding carboxylic acids is 1. The molecule has 0 bridgehead atoms. The maximum absolute atomic E-state index is 12.2. The number of carbonyl (C=O) groups is 1. The number of halogens is 1. The van der Waals surface area contributed by atoms with E-state index >= 15 is 0 Å². The average Bonchev–Trinajstić information content (AvgIpc) is 2.53. The van der Waals surface area contributed by atoms with Crippen molar-refractivity contribution in [3.8, 4) is 5.75 Å². The monoisotopic (exact) mass is 403 g/mol. The number of hydrogen-bond donors (Lipinski definition) is 1. The number of nitrogens with one attached hydrogen (secondary N) is 1. The van der Waals surface area contributed by atoms with E-state index in [-0.39, 0.29) is 18.6 Å². The van der Waals surface area contributed by atoms with Gasteiger partial charge in [0.2, 0.25) is 0 Å². The van der Waals surface area contributed by atoms with Gasteiger partial charge in [-0.1, -0.05) is 43.7 Å². The summed E-state index contributed by atoms with van der Waals surface area (Å²) in [6, 6.07) is 12.2. The molecule has 0 aliphatic heterocycles. The van der Waals surface area contributed by atoms with Gasteiger partial charge in [-0.2, -0.15) is 0 Å². The van der Waals surface area contributed by atoms with Crippen LogP contribution in [0.5, 0.6) is 5.75 Å². The number of amides is 1. The van der Waals surface area contributed by atoms with Crippen LogP contribution in [0.25, 0.3) is 0 Å². The van der Waals surface area contributed by atoms with Crippen molar-refractivity contribution in [3.05, 3.63) is 63.1 Å². The van der Waals surface area contributed by atoms with E-state index in [1.54, 1.807) is 0 Å². The third-order valence-corrected chi connectivity index (χ3v) is 4.87. The van der Waals surface area contributed by atoms with Gasteiger partial charge in [-0.15, -0.1) is 0 Å². The Hall–Kier alpha value is -1.81. The molecule has 1 amide bonds. The summed E-state index contributed by atoms with van der Waals surface area (Å²) < 4.78 is 6.53. The summed E-state index contributed by atoms with van der Waals surface area (Å²) >= 11 is 3.51. The fourth-order valence-electron chi connectivity index (χ4n) is 2.81. The van der Waals surface area contributed by atoms with Crippen LogP contribution in [0.1, 0.15) is 55.0 Å². The van der Waals surface area contributed by atoms with Crippen LogP contribution < -0.4 is 10.1 Å². The van der Waals surface area contributed by atoms with Crippen molar-refractivity contribution in [1.82, 2.24) is 5.32 Å². The molecule has 2 aromatic rings. The first-order chi connectivity index (χ1) is 11.8. The molecule has 3 nitrogen and oxygen atoms in total. The largest absolute Gasteiger partial charge is 0.483 e. The van der Waals surface area contributed by atoms with Crippen LogP contribution in [-0.4, -0.2) is 12.5 Å². The first kappa shape index (κ1) is 19.5. The molecule has 0 saturated heterocycles. The Morgan fingerprint density at radius 1 is 1.12 bits per heavy atom. The highest BCUT2D eigenvalue weighted by Gasteiger charge is 2.13. The van der Waals surface area contributed by atoms with Gasteiger partial charge in [0.25, 0.3) is 5.91 Å². The number of aryl methyl sites for hydroxylation is 2. The highest BCUT2D eigenvalue weighted by molar-refractivity contribution is 9.10. The minimum atomic E-state index is -0.132. The number of ether oxygens (including phenoxy) is 1. The summed E-state index contributed by atoms with van der Waals surface area (Å²) in [6.07, 6.45) is 0. The van der Waals surface area contributed by atoms with Gasteiger partial charge in [-0.3, -0.25) is 4.79 Å². The lowest BCUT2D eigenvalue weighted by Gasteiger charge is -2.18. The van der Waals surface area contributed by atoms with Crippen LogP contribution in [-0.2, 0) is 4.79 Å². The quantitative estimate of drug-likeness (QED) is 0.696. The van der Waals surface area contributed by atoms with E-state index in [4.69, 9.17) is 4.74 Å². The molecule has 0 spiro atoms. The van der Waals surface area contributed by atoms with E-state index in [1.165, 1.54) is 16.7 Å². The van der Waals surface area contributed by atoms with Crippen LogP contribution in [0.2, 0.25) is 0 Å². The molecule has 0 unspecified atom stereocenters. The van der Waals surface area contributed by atoms with Gasteiger partial charge in [0.15, 0.2) is 6.61 Å². The number of hydrogen-bond acceptors (Lipinski definition) is 2. The maximum atomic E-state index is 12.2. The van der Waals surface area contributed by atoms with Crippen molar-refractivity contribution in [3.63, 3.8) is 0 Å². The fourth-order valence-corrected chi connectivity index (χ4v) is 3.32. The predicted molar refractivity (Wildman–Crippen MR) is 106 cm³/mol. The SMILES string of the molecule is Cc1ccc([C@H](C)NC(=O)COc2ccc(C(C)C)cc2Br)c(C)c1. The molecular formula is C21H26BrNO2. The zero-order valence-corrected chi connectivity index (χ0v) is 17.1. The van der Waals surface area contributed by atoms with Gasteiger partial charge in [0.1, 0.15) is 5.75 Å². The van der Waals surface area contributed by atoms with Crippen molar-refractivity contribution in [2.24, 2.45) is 0 Å². The fraction of sp³-hybridized carbons (Fsp3) is 0.381. The average molecular weight is 404 g/mol. The standard InChI is InChI=1S/C21H26BrNO2/c1-13(2)17-7-9-20(19(22)11-17)25-12-21(24)23-16(5)18-8-6-14(3)10-15(18)4/h6-11,13,16H,12H2,1-5H3,(H,23,24)/t16-/m0/s1. The van der Waals surface area contributed by atoms with Gasteiger partial charge >= 0.3 is 0 Å². The van der Waals surface area contributed by atoms with Crippen molar-refractivity contribution >= 4 is 21.8 Å². The van der Waals surface area contributed by atoms with Crippen LogP contribution >= 0.6 is 15.9 Å². The molecule has 0 fully saturated rings. The Balaban J connectivity index is 1.94. The number of rotatable bonds is 6. The van der Waals surface area contributed by atoms with Crippen molar-refractivity contribution in [1.29, 1.82) is 0 Å². The molecule has 0 aliphatic carbocycles. The highest BCUT2D eigenvalue weighted by Crippen LogP contribution is 2.29. The van der Waals surface area contributed by atoms with Gasteiger partial charge < -0.3 is 10.1 Å². The molecule has 0 heterocycles. The summed E-state index contributed by atoms with van der Waals surface area (Å²) in [6.45, 7) is 10.4. The Morgan fingerprint density at radius 2 is 1.84 bits per heavy atom. The smallest absolute Gasteiger partial charge is 0.258 e. The van der Waals surface area contributed by atoms with Crippen LogP contribution in [0.4, 0.5) is 0 Å². The Morgan fingerprint density at radius 3 is 2.44 bits per heavy atom. The third kappa shape index (κ3) is 5.33. The van der Waals surface area contributed by atoms with E-state index in [2.05, 4.69) is 67.1 Å². The summed E-state index contributed by atoms with van der Waals surface area (Å²) in [4.78, 5) is 12.2. The summed E-state index contributed by atoms with van der Waals surface area (Å²) in [5.41, 5.74) is 4.76. The lowest BCUT2D eigenvalue weighted by Crippen LogP contribution is -2.31. The molecule has 0 aromatic heterocycles. The molecule has 2 aromatic carbocycles. The predicted octanol–water partition coefficient (Wildman–Crippen LogP) is 5.45. The molecular weight excluding hydrogens is 378 g/mol. The zero-order valence-electron chi connectivity index (χ0n) is 15.5. The van der Waals surface area contributed by atoms with E-state index in [0.29, 0.717) is 11.7 Å². The molecule has 0 aliphatic rings. The topological polar surface area (TPSA) is 38.3 Å². The second-order valence-corrected chi connectivity index (χ2v) is 7.64. The molecule has 0 saturated carbocycles. The highest BCUT2D eigenvalue weighted by atomic mass is 79.9. The van der Waals surface area contributed by atoms with Crippen LogP contribution in [0.3, 0.4) is 0 Å². The molecule has 25 heavy (non-hydrogen) atoms. The lowest BCUT2D eigenvalue weighted by atomic mass is 10.0. The maximum Gasteiger partial charge on any atom is 0.258 e. The molecule has 1 atom stereocenters. The normalized spacial score (nSPS) is 12.1. The molecule has 1 N–H and O–H groups in total. The van der Waals surface area contributed by atoms with Crippen molar-refractivity contribution < 1.29 is 9.53 Å². The van der Waals surface area contributed by atoms with E-state index < -0.39 is 0 Å². The van der Waals surface area contributed by atoms with Gasteiger partial charge in [0.05, 0.1) is 10.5 Å².